The summed E-state index contributed by atoms with van der Waals surface area (Å²) in [6.07, 6.45) is -4.55. The molecule has 0 aliphatic carbocycles. The van der Waals surface area contributed by atoms with Crippen molar-refractivity contribution in [2.45, 2.75) is 6.18 Å². The van der Waals surface area contributed by atoms with E-state index >= 15 is 0 Å². The average Bonchev–Trinajstić information content (AvgIpc) is 2.64. The van der Waals surface area contributed by atoms with Crippen LogP contribution in [0.3, 0.4) is 0 Å². The van der Waals surface area contributed by atoms with E-state index in [1.54, 1.807) is 12.1 Å². The molecule has 1 amide bonds. The first kappa shape index (κ1) is 21.1. The van der Waals surface area contributed by atoms with Crippen molar-refractivity contribution < 1.29 is 36.6 Å². The molecule has 0 aromatic heterocycles. The van der Waals surface area contributed by atoms with Crippen molar-refractivity contribution in [2.75, 3.05) is 38.0 Å². The minimum absolute atomic E-state index is 0.0771. The summed E-state index contributed by atoms with van der Waals surface area (Å²) < 4.78 is 65.2. The summed E-state index contributed by atoms with van der Waals surface area (Å²) in [6, 6.07) is 7.67. The first-order valence-electron chi connectivity index (χ1n) is 7.96. The molecule has 2 N–H and O–H groups in total. The topological polar surface area (TPSA) is 68.8 Å². The van der Waals surface area contributed by atoms with Crippen molar-refractivity contribution >= 4 is 17.3 Å². The number of amides is 1. The van der Waals surface area contributed by atoms with Crippen LogP contribution in [0.15, 0.2) is 36.4 Å². The number of hydrogen-bond acceptors (Lipinski definition) is 5. The van der Waals surface area contributed by atoms with E-state index in [1.807, 2.05) is 0 Å². The Morgan fingerprint density at radius 1 is 1.00 bits per heavy atom. The highest BCUT2D eigenvalue weighted by Gasteiger charge is 2.29. The van der Waals surface area contributed by atoms with Gasteiger partial charge >= 0.3 is 6.18 Å². The van der Waals surface area contributed by atoms with E-state index < -0.39 is 24.5 Å². The highest BCUT2D eigenvalue weighted by atomic mass is 19.4. The molecule has 0 unspecified atom stereocenters. The smallest absolute Gasteiger partial charge is 0.422 e. The van der Waals surface area contributed by atoms with Gasteiger partial charge in [-0.05, 0) is 24.3 Å². The van der Waals surface area contributed by atoms with E-state index in [0.29, 0.717) is 17.2 Å². The Morgan fingerprint density at radius 2 is 1.68 bits per heavy atom. The highest BCUT2D eigenvalue weighted by molar-refractivity contribution is 5.94. The molecule has 0 saturated carbocycles. The van der Waals surface area contributed by atoms with Gasteiger partial charge in [0.05, 0.1) is 26.5 Å². The SMILES string of the molecule is COc1ccc(NC(=O)CNc2cc(F)ccc2OCC(F)(F)F)cc1OC. The van der Waals surface area contributed by atoms with Gasteiger partial charge in [0.25, 0.3) is 0 Å². The highest BCUT2D eigenvalue weighted by Crippen LogP contribution is 2.30. The van der Waals surface area contributed by atoms with E-state index in [-0.39, 0.29) is 18.0 Å². The Labute approximate surface area is 158 Å². The molecule has 0 bridgehead atoms. The third-order valence-corrected chi connectivity index (χ3v) is 3.44. The number of carbonyl (C=O) groups excluding carboxylic acids is 1. The number of nitrogens with one attached hydrogen (secondary N) is 2. The van der Waals surface area contributed by atoms with Crippen molar-refractivity contribution in [2.24, 2.45) is 0 Å². The second-order valence-corrected chi connectivity index (χ2v) is 5.52. The zero-order valence-corrected chi connectivity index (χ0v) is 15.0. The van der Waals surface area contributed by atoms with Crippen LogP contribution in [0.5, 0.6) is 17.2 Å². The summed E-state index contributed by atoms with van der Waals surface area (Å²) in [4.78, 5) is 12.1. The second kappa shape index (κ2) is 9.16. The Morgan fingerprint density at radius 3 is 2.32 bits per heavy atom. The molecule has 0 heterocycles. The van der Waals surface area contributed by atoms with Gasteiger partial charge < -0.3 is 24.8 Å². The van der Waals surface area contributed by atoms with Gasteiger partial charge in [-0.3, -0.25) is 4.79 Å². The maximum Gasteiger partial charge on any atom is 0.422 e. The number of methoxy groups -OCH3 is 2. The summed E-state index contributed by atoms with van der Waals surface area (Å²) in [5.74, 6) is -0.552. The number of rotatable bonds is 8. The van der Waals surface area contributed by atoms with Crippen molar-refractivity contribution in [3.8, 4) is 17.2 Å². The van der Waals surface area contributed by atoms with E-state index in [0.717, 1.165) is 18.2 Å². The maximum absolute atomic E-state index is 13.4. The predicted molar refractivity (Wildman–Crippen MR) is 94.6 cm³/mol. The molecule has 2 aromatic rings. The van der Waals surface area contributed by atoms with Gasteiger partial charge in [-0.15, -0.1) is 0 Å². The number of ether oxygens (including phenoxy) is 3. The molecule has 0 spiro atoms. The average molecular weight is 402 g/mol. The first-order chi connectivity index (χ1) is 13.2. The summed E-state index contributed by atoms with van der Waals surface area (Å²) >= 11 is 0. The molecule has 28 heavy (non-hydrogen) atoms. The lowest BCUT2D eigenvalue weighted by atomic mass is 10.2. The molecular formula is C18H18F4N2O4. The van der Waals surface area contributed by atoms with Gasteiger partial charge in [-0.2, -0.15) is 13.2 Å². The van der Waals surface area contributed by atoms with E-state index in [2.05, 4.69) is 15.4 Å². The third-order valence-electron chi connectivity index (χ3n) is 3.44. The van der Waals surface area contributed by atoms with Gasteiger partial charge in [0.15, 0.2) is 18.1 Å². The minimum atomic E-state index is -4.55. The van der Waals surface area contributed by atoms with Crippen LogP contribution in [-0.2, 0) is 4.79 Å². The van der Waals surface area contributed by atoms with Crippen LogP contribution in [0.25, 0.3) is 0 Å². The van der Waals surface area contributed by atoms with E-state index in [9.17, 15) is 22.4 Å². The monoisotopic (exact) mass is 402 g/mol. The standard InChI is InChI=1S/C18H18F4N2O4/c1-26-15-6-4-12(8-16(15)27-2)24-17(25)9-23-13-7-11(19)3-5-14(13)28-10-18(20,21)22/h3-8,23H,9-10H2,1-2H3,(H,24,25). The van der Waals surface area contributed by atoms with Crippen LogP contribution in [0.2, 0.25) is 0 Å². The number of benzene rings is 2. The van der Waals surface area contributed by atoms with Crippen molar-refractivity contribution in [1.29, 1.82) is 0 Å². The molecule has 152 valence electrons. The van der Waals surface area contributed by atoms with Crippen LogP contribution in [-0.4, -0.2) is 39.5 Å². The fraction of sp³-hybridized carbons (Fsp3) is 0.278. The molecule has 0 aliphatic rings. The van der Waals surface area contributed by atoms with Gasteiger partial charge in [0.1, 0.15) is 11.6 Å². The fourth-order valence-electron chi connectivity index (χ4n) is 2.22. The zero-order chi connectivity index (χ0) is 20.7. The number of carbonyl (C=O) groups is 1. The molecule has 0 aliphatic heterocycles. The van der Waals surface area contributed by atoms with Crippen LogP contribution >= 0.6 is 0 Å². The lowest BCUT2D eigenvalue weighted by Crippen LogP contribution is -2.23. The summed E-state index contributed by atoms with van der Waals surface area (Å²) in [6.45, 7) is -1.87. The van der Waals surface area contributed by atoms with Gasteiger partial charge in [0, 0.05) is 17.8 Å². The molecule has 2 aromatic carbocycles. The van der Waals surface area contributed by atoms with Gasteiger partial charge in [0.2, 0.25) is 5.91 Å². The molecule has 0 radical (unpaired) electrons. The number of hydrogen-bond donors (Lipinski definition) is 2. The Kier molecular flexibility index (Phi) is 6.91. The first-order valence-corrected chi connectivity index (χ1v) is 7.96. The number of anilines is 2. The Hall–Kier alpha value is -3.17. The molecular weight excluding hydrogens is 384 g/mol. The van der Waals surface area contributed by atoms with Crippen LogP contribution in [0, 0.1) is 5.82 Å². The third kappa shape index (κ3) is 6.22. The zero-order valence-electron chi connectivity index (χ0n) is 15.0. The number of alkyl halides is 3. The normalized spacial score (nSPS) is 10.9. The summed E-state index contributed by atoms with van der Waals surface area (Å²) in [7, 11) is 2.91. The van der Waals surface area contributed by atoms with Crippen LogP contribution in [0.1, 0.15) is 0 Å². The number of halogens is 4. The Balaban J connectivity index is 2.01. The summed E-state index contributed by atoms with van der Waals surface area (Å²) in [5, 5.41) is 5.14. The fourth-order valence-corrected chi connectivity index (χ4v) is 2.22. The largest absolute Gasteiger partial charge is 0.493 e. The molecule has 6 nitrogen and oxygen atoms in total. The maximum atomic E-state index is 13.4. The van der Waals surface area contributed by atoms with Gasteiger partial charge in [-0.25, -0.2) is 4.39 Å². The van der Waals surface area contributed by atoms with Crippen molar-refractivity contribution in [1.82, 2.24) is 0 Å². The quantitative estimate of drug-likeness (QED) is 0.657. The predicted octanol–water partition coefficient (Wildman–Crippen LogP) is 3.83. The minimum Gasteiger partial charge on any atom is -0.493 e. The Bertz CT molecular complexity index is 828. The molecule has 0 saturated heterocycles. The lowest BCUT2D eigenvalue weighted by Gasteiger charge is -2.15. The van der Waals surface area contributed by atoms with Crippen LogP contribution < -0.4 is 24.8 Å². The van der Waals surface area contributed by atoms with E-state index in [4.69, 9.17) is 9.47 Å². The van der Waals surface area contributed by atoms with E-state index in [1.165, 1.54) is 20.3 Å². The van der Waals surface area contributed by atoms with Crippen LogP contribution in [0.4, 0.5) is 28.9 Å². The van der Waals surface area contributed by atoms with Gasteiger partial charge in [-0.1, -0.05) is 0 Å². The lowest BCUT2D eigenvalue weighted by molar-refractivity contribution is -0.153. The summed E-state index contributed by atoms with van der Waals surface area (Å²) in [5.41, 5.74) is 0.337. The molecule has 2 rings (SSSR count). The second-order valence-electron chi connectivity index (χ2n) is 5.52. The molecule has 10 heteroatoms. The molecule has 0 atom stereocenters. The molecule has 0 fully saturated rings. The van der Waals surface area contributed by atoms with Crippen molar-refractivity contribution in [3.05, 3.63) is 42.2 Å². The van der Waals surface area contributed by atoms with Crippen molar-refractivity contribution in [3.63, 3.8) is 0 Å².